The number of anilines is 1. The minimum Gasteiger partial charge on any atom is -0.368 e. The van der Waals surface area contributed by atoms with Crippen LogP contribution >= 0.6 is 0 Å². The minimum absolute atomic E-state index is 0.0682. The number of H-pyrrole nitrogens is 1. The number of likely N-dealkylation sites (tertiary alicyclic amines) is 1. The van der Waals surface area contributed by atoms with Gasteiger partial charge in [-0.1, -0.05) is 6.07 Å². The SMILES string of the molecule is CNC(=O)c1cc(F)c(N2CCC(N3CCC(c4cc5ccc(F)cc5c(=O)[nH]4)C3)CC2)cn1. The first-order valence-corrected chi connectivity index (χ1v) is 11.6. The molecule has 34 heavy (non-hydrogen) atoms. The zero-order valence-corrected chi connectivity index (χ0v) is 19.0. The first-order chi connectivity index (χ1) is 16.4. The van der Waals surface area contributed by atoms with Crippen LogP contribution in [0.15, 0.2) is 41.3 Å². The number of nitrogens with one attached hydrogen (secondary N) is 2. The van der Waals surface area contributed by atoms with Crippen LogP contribution in [0.3, 0.4) is 0 Å². The Labute approximate surface area is 195 Å². The fraction of sp³-hybridized carbons (Fsp3) is 0.400. The summed E-state index contributed by atoms with van der Waals surface area (Å²) in [4.78, 5) is 35.6. The lowest BCUT2D eigenvalue weighted by atomic mass is 10.0. The Kier molecular flexibility index (Phi) is 6.03. The Morgan fingerprint density at radius 1 is 1.12 bits per heavy atom. The minimum atomic E-state index is -0.437. The molecule has 2 saturated heterocycles. The van der Waals surface area contributed by atoms with E-state index in [-0.39, 0.29) is 17.2 Å². The summed E-state index contributed by atoms with van der Waals surface area (Å²) in [5.41, 5.74) is 1.14. The highest BCUT2D eigenvalue weighted by Crippen LogP contribution is 2.32. The van der Waals surface area contributed by atoms with Crippen LogP contribution in [0.25, 0.3) is 10.8 Å². The molecule has 1 atom stereocenters. The number of aromatic amines is 1. The number of benzene rings is 1. The van der Waals surface area contributed by atoms with Crippen LogP contribution in [-0.2, 0) is 0 Å². The zero-order valence-electron chi connectivity index (χ0n) is 19.0. The van der Waals surface area contributed by atoms with E-state index in [2.05, 4.69) is 20.2 Å². The van der Waals surface area contributed by atoms with Crippen LogP contribution in [0.2, 0.25) is 0 Å². The fourth-order valence-corrected chi connectivity index (χ4v) is 5.23. The van der Waals surface area contributed by atoms with Crippen molar-refractivity contribution in [2.75, 3.05) is 38.1 Å². The molecule has 1 amide bonds. The second-order valence-electron chi connectivity index (χ2n) is 9.08. The predicted octanol–water partition coefficient (Wildman–Crippen LogP) is 3.02. The van der Waals surface area contributed by atoms with Crippen LogP contribution in [0.1, 0.15) is 41.4 Å². The van der Waals surface area contributed by atoms with Crippen molar-refractivity contribution >= 4 is 22.4 Å². The van der Waals surface area contributed by atoms with Crippen LogP contribution < -0.4 is 15.8 Å². The van der Waals surface area contributed by atoms with Crippen molar-refractivity contribution in [3.8, 4) is 0 Å². The topological polar surface area (TPSA) is 81.3 Å². The van der Waals surface area contributed by atoms with Gasteiger partial charge in [0.25, 0.3) is 11.5 Å². The third kappa shape index (κ3) is 4.27. The van der Waals surface area contributed by atoms with Gasteiger partial charge in [0.2, 0.25) is 0 Å². The van der Waals surface area contributed by atoms with E-state index in [0.29, 0.717) is 30.2 Å². The van der Waals surface area contributed by atoms with Gasteiger partial charge >= 0.3 is 0 Å². The summed E-state index contributed by atoms with van der Waals surface area (Å²) >= 11 is 0. The van der Waals surface area contributed by atoms with Gasteiger partial charge in [-0.2, -0.15) is 0 Å². The van der Waals surface area contributed by atoms with E-state index >= 15 is 0 Å². The highest BCUT2D eigenvalue weighted by Gasteiger charge is 2.32. The second-order valence-corrected chi connectivity index (χ2v) is 9.08. The Morgan fingerprint density at radius 3 is 2.65 bits per heavy atom. The van der Waals surface area contributed by atoms with Gasteiger partial charge in [0, 0.05) is 55.8 Å². The molecule has 5 rings (SSSR count). The molecule has 2 fully saturated rings. The van der Waals surface area contributed by atoms with E-state index in [0.717, 1.165) is 43.4 Å². The summed E-state index contributed by atoms with van der Waals surface area (Å²) in [7, 11) is 1.49. The maximum absolute atomic E-state index is 14.6. The van der Waals surface area contributed by atoms with Gasteiger partial charge in [0.1, 0.15) is 17.3 Å². The number of piperidine rings is 1. The number of amides is 1. The number of nitrogens with zero attached hydrogens (tertiary/aromatic N) is 3. The Balaban J connectivity index is 1.22. The van der Waals surface area contributed by atoms with Crippen molar-refractivity contribution in [1.29, 1.82) is 0 Å². The summed E-state index contributed by atoms with van der Waals surface area (Å²) < 4.78 is 28.1. The normalized spacial score (nSPS) is 19.6. The third-order valence-corrected chi connectivity index (χ3v) is 7.10. The first-order valence-electron chi connectivity index (χ1n) is 11.6. The van der Waals surface area contributed by atoms with Gasteiger partial charge in [-0.05, 0) is 49.4 Å². The van der Waals surface area contributed by atoms with E-state index in [1.165, 1.54) is 31.4 Å². The molecule has 3 aromatic rings. The van der Waals surface area contributed by atoms with Gasteiger partial charge in [0.15, 0.2) is 0 Å². The molecule has 2 N–H and O–H groups in total. The highest BCUT2D eigenvalue weighted by molar-refractivity contribution is 5.92. The zero-order chi connectivity index (χ0) is 23.8. The number of hydrogen-bond donors (Lipinski definition) is 2. The maximum Gasteiger partial charge on any atom is 0.269 e. The van der Waals surface area contributed by atoms with Crippen molar-refractivity contribution in [2.45, 2.75) is 31.2 Å². The maximum atomic E-state index is 14.6. The monoisotopic (exact) mass is 467 g/mol. The smallest absolute Gasteiger partial charge is 0.269 e. The molecular weight excluding hydrogens is 440 g/mol. The number of hydrogen-bond acceptors (Lipinski definition) is 5. The largest absolute Gasteiger partial charge is 0.368 e. The van der Waals surface area contributed by atoms with Crippen molar-refractivity contribution in [3.63, 3.8) is 0 Å². The highest BCUT2D eigenvalue weighted by atomic mass is 19.1. The number of carbonyl (C=O) groups is 1. The van der Waals surface area contributed by atoms with Gasteiger partial charge in [0.05, 0.1) is 11.9 Å². The molecule has 2 aliphatic rings. The molecule has 0 spiro atoms. The molecule has 178 valence electrons. The van der Waals surface area contributed by atoms with E-state index in [9.17, 15) is 18.4 Å². The number of halogens is 2. The summed E-state index contributed by atoms with van der Waals surface area (Å²) in [5.74, 6) is -1.04. The quantitative estimate of drug-likeness (QED) is 0.617. The molecule has 7 nitrogen and oxygen atoms in total. The van der Waals surface area contributed by atoms with Crippen molar-refractivity contribution in [3.05, 3.63) is 69.9 Å². The molecule has 2 aromatic heterocycles. The van der Waals surface area contributed by atoms with Crippen molar-refractivity contribution < 1.29 is 13.6 Å². The molecule has 4 heterocycles. The number of carbonyl (C=O) groups excluding carboxylic acids is 1. The molecule has 1 unspecified atom stereocenters. The van der Waals surface area contributed by atoms with Gasteiger partial charge in [-0.3, -0.25) is 14.5 Å². The number of rotatable bonds is 4. The van der Waals surface area contributed by atoms with Gasteiger partial charge < -0.3 is 15.2 Å². The molecule has 0 saturated carbocycles. The molecule has 1 aromatic carbocycles. The molecule has 0 bridgehead atoms. The number of fused-ring (bicyclic) bond motifs is 1. The molecular formula is C25H27F2N5O2. The van der Waals surface area contributed by atoms with E-state index in [1.54, 1.807) is 6.07 Å². The molecule has 2 aliphatic heterocycles. The summed E-state index contributed by atoms with van der Waals surface area (Å²) in [5, 5.41) is 3.58. The molecule has 9 heteroatoms. The van der Waals surface area contributed by atoms with Crippen LogP contribution in [0.4, 0.5) is 14.5 Å². The molecule has 0 radical (unpaired) electrons. The van der Waals surface area contributed by atoms with Crippen LogP contribution in [0.5, 0.6) is 0 Å². The van der Waals surface area contributed by atoms with Crippen molar-refractivity contribution in [2.24, 2.45) is 0 Å². The van der Waals surface area contributed by atoms with Crippen molar-refractivity contribution in [1.82, 2.24) is 20.2 Å². The average molecular weight is 468 g/mol. The summed E-state index contributed by atoms with van der Waals surface area (Å²) in [6, 6.07) is 7.85. The Hall–Kier alpha value is -3.33. The lowest BCUT2D eigenvalue weighted by Gasteiger charge is -2.37. The van der Waals surface area contributed by atoms with E-state index in [4.69, 9.17) is 0 Å². The molecule has 0 aliphatic carbocycles. The number of aromatic nitrogens is 2. The van der Waals surface area contributed by atoms with Gasteiger partial charge in [-0.25, -0.2) is 13.8 Å². The average Bonchev–Trinajstić information content (AvgIpc) is 3.34. The Morgan fingerprint density at radius 2 is 1.91 bits per heavy atom. The summed E-state index contributed by atoms with van der Waals surface area (Å²) in [6.07, 6.45) is 4.18. The Bertz CT molecular complexity index is 1290. The first kappa shape index (κ1) is 22.5. The van der Waals surface area contributed by atoms with E-state index < -0.39 is 17.5 Å². The standard InChI is InChI=1S/C25H27F2N5O2/c1-28-25(34)22-12-20(27)23(13-29-22)31-8-5-18(6-9-31)32-7-4-16(14-32)21-10-15-2-3-17(26)11-19(15)24(33)30-21/h2-3,10-13,16,18H,4-9,14H2,1H3,(H,28,34)(H,30,33). The van der Waals surface area contributed by atoms with Crippen LogP contribution in [0, 0.1) is 11.6 Å². The lowest BCUT2D eigenvalue weighted by molar-refractivity contribution is 0.0957. The fourth-order valence-electron chi connectivity index (χ4n) is 5.23. The summed E-state index contributed by atoms with van der Waals surface area (Å²) in [6.45, 7) is 3.21. The van der Waals surface area contributed by atoms with Crippen LogP contribution in [-0.4, -0.2) is 60.0 Å². The number of pyridine rings is 2. The predicted molar refractivity (Wildman–Crippen MR) is 126 cm³/mol. The van der Waals surface area contributed by atoms with Gasteiger partial charge in [-0.15, -0.1) is 0 Å². The lowest BCUT2D eigenvalue weighted by Crippen LogP contribution is -2.44. The third-order valence-electron chi connectivity index (χ3n) is 7.10. The second kappa shape index (κ2) is 9.13. The van der Waals surface area contributed by atoms with E-state index in [1.807, 2.05) is 11.0 Å².